The molecule has 2 aromatic carbocycles. The van der Waals surface area contributed by atoms with E-state index in [1.165, 1.54) is 5.56 Å². The number of aliphatic hydroxyl groups excluding tert-OH is 1. The normalized spacial score (nSPS) is 12.3. The van der Waals surface area contributed by atoms with Crippen molar-refractivity contribution in [2.24, 2.45) is 0 Å². The summed E-state index contributed by atoms with van der Waals surface area (Å²) in [7, 11) is 0. The summed E-state index contributed by atoms with van der Waals surface area (Å²) < 4.78 is 1.08. The molecule has 0 radical (unpaired) electrons. The van der Waals surface area contributed by atoms with Crippen molar-refractivity contribution in [1.82, 2.24) is 0 Å². The van der Waals surface area contributed by atoms with E-state index in [9.17, 15) is 5.11 Å². The average molecular weight is 351 g/mol. The zero-order valence-electron chi connectivity index (χ0n) is 11.6. The first kappa shape index (κ1) is 15.6. The molecule has 1 unspecified atom stereocenters. The Morgan fingerprint density at radius 2 is 1.80 bits per heavy atom. The quantitative estimate of drug-likeness (QED) is 0.720. The van der Waals surface area contributed by atoms with Crippen LogP contribution in [0.5, 0.6) is 0 Å². The monoisotopic (exact) mass is 350 g/mol. The van der Waals surface area contributed by atoms with Gasteiger partial charge in [0.1, 0.15) is 0 Å². The van der Waals surface area contributed by atoms with E-state index in [1.54, 1.807) is 11.8 Å². The van der Waals surface area contributed by atoms with Crippen LogP contribution in [0.1, 0.15) is 30.6 Å². The molecule has 0 saturated heterocycles. The number of hydrogen-bond acceptors (Lipinski definition) is 2. The van der Waals surface area contributed by atoms with Gasteiger partial charge in [-0.2, -0.15) is 0 Å². The second kappa shape index (κ2) is 7.87. The molecule has 0 heterocycles. The summed E-state index contributed by atoms with van der Waals surface area (Å²) in [4.78, 5) is 1.16. The van der Waals surface area contributed by atoms with Crippen molar-refractivity contribution in [2.75, 3.05) is 5.75 Å². The van der Waals surface area contributed by atoms with Crippen LogP contribution in [0.2, 0.25) is 0 Å². The van der Waals surface area contributed by atoms with Crippen molar-refractivity contribution < 1.29 is 5.11 Å². The summed E-state index contributed by atoms with van der Waals surface area (Å²) in [6.45, 7) is 2.18. The summed E-state index contributed by atoms with van der Waals surface area (Å²) >= 11 is 5.19. The second-order valence-electron chi connectivity index (χ2n) is 4.75. The molecule has 20 heavy (non-hydrogen) atoms. The molecule has 1 atom stereocenters. The van der Waals surface area contributed by atoms with E-state index in [1.807, 2.05) is 30.3 Å². The van der Waals surface area contributed by atoms with Gasteiger partial charge in [0.15, 0.2) is 0 Å². The molecule has 0 saturated carbocycles. The first-order chi connectivity index (χ1) is 9.70. The molecule has 0 spiro atoms. The molecule has 2 rings (SSSR count). The Morgan fingerprint density at radius 1 is 1.10 bits per heavy atom. The van der Waals surface area contributed by atoms with Gasteiger partial charge in [-0.05, 0) is 45.6 Å². The first-order valence-electron chi connectivity index (χ1n) is 6.85. The van der Waals surface area contributed by atoms with E-state index in [-0.39, 0.29) is 0 Å². The summed E-state index contributed by atoms with van der Waals surface area (Å²) in [6.07, 6.45) is 1.82. The molecule has 2 aromatic rings. The summed E-state index contributed by atoms with van der Waals surface area (Å²) in [5, 5.41) is 10.3. The van der Waals surface area contributed by atoms with Crippen molar-refractivity contribution in [3.63, 3.8) is 0 Å². The van der Waals surface area contributed by atoms with Gasteiger partial charge in [0, 0.05) is 15.1 Å². The molecule has 0 aromatic heterocycles. The van der Waals surface area contributed by atoms with Crippen LogP contribution in [0, 0.1) is 0 Å². The lowest BCUT2D eigenvalue weighted by Gasteiger charge is -2.12. The predicted octanol–water partition coefficient (Wildman–Crippen LogP) is 5.23. The van der Waals surface area contributed by atoms with Gasteiger partial charge in [0.05, 0.1) is 6.10 Å². The number of aryl methyl sites for hydroxylation is 1. The Bertz CT molecular complexity index is 539. The minimum Gasteiger partial charge on any atom is -0.388 e. The lowest BCUT2D eigenvalue weighted by atomic mass is 10.1. The zero-order valence-corrected chi connectivity index (χ0v) is 14.0. The number of rotatable bonds is 6. The maximum Gasteiger partial charge on any atom is 0.0883 e. The number of benzene rings is 2. The van der Waals surface area contributed by atoms with Crippen LogP contribution in [0.25, 0.3) is 0 Å². The Kier molecular flexibility index (Phi) is 6.14. The number of hydrogen-bond donors (Lipinski definition) is 1. The molecule has 3 heteroatoms. The van der Waals surface area contributed by atoms with Gasteiger partial charge in [-0.15, -0.1) is 11.8 Å². The highest BCUT2D eigenvalue weighted by molar-refractivity contribution is 9.10. The van der Waals surface area contributed by atoms with Gasteiger partial charge in [-0.3, -0.25) is 0 Å². The third-order valence-corrected chi connectivity index (χ3v) is 5.24. The highest BCUT2D eigenvalue weighted by Crippen LogP contribution is 2.30. The van der Waals surface area contributed by atoms with Gasteiger partial charge in [-0.25, -0.2) is 0 Å². The molecule has 0 amide bonds. The Hall–Kier alpha value is -0.770. The standard InChI is InChI=1S/C17H19BrOS/c1-2-5-13-8-10-14(11-9-13)16(19)12-20-17-7-4-3-6-15(17)18/h3-4,6-11,16,19H,2,5,12H2,1H3. The third-order valence-electron chi connectivity index (χ3n) is 3.14. The van der Waals surface area contributed by atoms with Gasteiger partial charge < -0.3 is 5.11 Å². The van der Waals surface area contributed by atoms with E-state index in [0.717, 1.165) is 27.8 Å². The SMILES string of the molecule is CCCc1ccc(C(O)CSc2ccccc2Br)cc1. The molecular weight excluding hydrogens is 332 g/mol. The molecule has 0 aliphatic carbocycles. The molecule has 0 aliphatic rings. The van der Waals surface area contributed by atoms with Gasteiger partial charge >= 0.3 is 0 Å². The molecule has 0 bridgehead atoms. The molecule has 1 nitrogen and oxygen atoms in total. The van der Waals surface area contributed by atoms with Gasteiger partial charge in [0.2, 0.25) is 0 Å². The van der Waals surface area contributed by atoms with Crippen molar-refractivity contribution in [3.05, 3.63) is 64.1 Å². The molecule has 0 fully saturated rings. The van der Waals surface area contributed by atoms with Crippen LogP contribution in [-0.2, 0) is 6.42 Å². The molecule has 1 N–H and O–H groups in total. The van der Waals surface area contributed by atoms with E-state index >= 15 is 0 Å². The maximum atomic E-state index is 10.3. The molecular formula is C17H19BrOS. The zero-order chi connectivity index (χ0) is 14.4. The van der Waals surface area contributed by atoms with Gasteiger partial charge in [-0.1, -0.05) is 49.7 Å². The van der Waals surface area contributed by atoms with Crippen LogP contribution >= 0.6 is 27.7 Å². The van der Waals surface area contributed by atoms with Crippen molar-refractivity contribution in [1.29, 1.82) is 0 Å². The minimum atomic E-state index is -0.428. The lowest BCUT2D eigenvalue weighted by molar-refractivity contribution is 0.204. The fourth-order valence-electron chi connectivity index (χ4n) is 2.02. The Labute approximate surface area is 133 Å². The highest BCUT2D eigenvalue weighted by atomic mass is 79.9. The summed E-state index contributed by atoms with van der Waals surface area (Å²) in [5.74, 6) is 0.662. The number of aliphatic hydroxyl groups is 1. The highest BCUT2D eigenvalue weighted by Gasteiger charge is 2.09. The lowest BCUT2D eigenvalue weighted by Crippen LogP contribution is -2.00. The first-order valence-corrected chi connectivity index (χ1v) is 8.62. The molecule has 0 aliphatic heterocycles. The van der Waals surface area contributed by atoms with Crippen LogP contribution < -0.4 is 0 Å². The van der Waals surface area contributed by atoms with Crippen molar-refractivity contribution in [3.8, 4) is 0 Å². The fourth-order valence-corrected chi connectivity index (χ4v) is 3.56. The Morgan fingerprint density at radius 3 is 2.45 bits per heavy atom. The van der Waals surface area contributed by atoms with Crippen LogP contribution in [-0.4, -0.2) is 10.9 Å². The second-order valence-corrected chi connectivity index (χ2v) is 6.66. The summed E-state index contributed by atoms with van der Waals surface area (Å²) in [5.41, 5.74) is 2.33. The Balaban J connectivity index is 1.94. The third kappa shape index (κ3) is 4.37. The minimum absolute atomic E-state index is 0.428. The predicted molar refractivity (Wildman–Crippen MR) is 90.3 cm³/mol. The number of thioether (sulfide) groups is 1. The van der Waals surface area contributed by atoms with E-state index < -0.39 is 6.10 Å². The van der Waals surface area contributed by atoms with Crippen molar-refractivity contribution >= 4 is 27.7 Å². The van der Waals surface area contributed by atoms with Crippen molar-refractivity contribution in [2.45, 2.75) is 30.8 Å². The smallest absolute Gasteiger partial charge is 0.0883 e. The summed E-state index contributed by atoms with van der Waals surface area (Å²) in [6, 6.07) is 16.4. The molecule has 106 valence electrons. The van der Waals surface area contributed by atoms with Crippen LogP contribution in [0.3, 0.4) is 0 Å². The van der Waals surface area contributed by atoms with Gasteiger partial charge in [0.25, 0.3) is 0 Å². The van der Waals surface area contributed by atoms with E-state index in [4.69, 9.17) is 0 Å². The fraction of sp³-hybridized carbons (Fsp3) is 0.294. The number of halogens is 1. The topological polar surface area (TPSA) is 20.2 Å². The van der Waals surface area contributed by atoms with Crippen LogP contribution in [0.4, 0.5) is 0 Å². The maximum absolute atomic E-state index is 10.3. The van der Waals surface area contributed by atoms with Crippen LogP contribution in [0.15, 0.2) is 57.9 Å². The van der Waals surface area contributed by atoms with E-state index in [0.29, 0.717) is 5.75 Å². The average Bonchev–Trinajstić information content (AvgIpc) is 2.47. The van der Waals surface area contributed by atoms with E-state index in [2.05, 4.69) is 41.1 Å². The largest absolute Gasteiger partial charge is 0.388 e.